The summed E-state index contributed by atoms with van der Waals surface area (Å²) in [7, 11) is 0. The van der Waals surface area contributed by atoms with Gasteiger partial charge < -0.3 is 5.32 Å². The average Bonchev–Trinajstić information content (AvgIpc) is 2.92. The molecule has 0 saturated heterocycles. The number of nitrogens with zero attached hydrogens (tertiary/aromatic N) is 2. The van der Waals surface area contributed by atoms with Gasteiger partial charge in [0.05, 0.1) is 23.7 Å². The fourth-order valence-electron chi connectivity index (χ4n) is 1.76. The zero-order valence-corrected chi connectivity index (χ0v) is 12.0. The Bertz CT molecular complexity index is 671. The average molecular weight is 311 g/mol. The van der Waals surface area contributed by atoms with E-state index in [0.29, 0.717) is 12.2 Å². The second kappa shape index (κ2) is 6.14. The van der Waals surface area contributed by atoms with Crippen LogP contribution >= 0.6 is 11.3 Å². The molecule has 2 aromatic rings. The summed E-state index contributed by atoms with van der Waals surface area (Å²) < 4.78 is 38.5. The summed E-state index contributed by atoms with van der Waals surface area (Å²) in [6, 6.07) is 5.14. The molecule has 0 aliphatic rings. The van der Waals surface area contributed by atoms with E-state index in [1.807, 2.05) is 6.92 Å². The zero-order chi connectivity index (χ0) is 15.5. The van der Waals surface area contributed by atoms with Crippen molar-refractivity contribution < 1.29 is 13.2 Å². The van der Waals surface area contributed by atoms with Crippen LogP contribution in [-0.4, -0.2) is 4.98 Å². The first kappa shape index (κ1) is 15.3. The number of aromatic nitrogens is 1. The van der Waals surface area contributed by atoms with Crippen molar-refractivity contribution in [2.45, 2.75) is 26.1 Å². The first-order chi connectivity index (χ1) is 9.94. The maximum Gasteiger partial charge on any atom is 0.417 e. The number of benzene rings is 1. The molecule has 0 unspecified atom stereocenters. The standard InChI is InChI=1S/C14H12F3N3S/c1-2-11-7-20-13(21-11)8-19-10-4-3-9(6-18)12(5-10)14(15,16)17/h3-5,7,19H,2,8H2,1H3. The number of nitrogens with one attached hydrogen (secondary N) is 1. The largest absolute Gasteiger partial charge is 0.417 e. The quantitative estimate of drug-likeness (QED) is 0.920. The Balaban J connectivity index is 2.16. The van der Waals surface area contributed by atoms with Crippen molar-refractivity contribution in [2.24, 2.45) is 0 Å². The third kappa shape index (κ3) is 3.73. The van der Waals surface area contributed by atoms with Gasteiger partial charge in [-0.15, -0.1) is 11.3 Å². The molecule has 1 heterocycles. The van der Waals surface area contributed by atoms with Gasteiger partial charge in [-0.3, -0.25) is 0 Å². The van der Waals surface area contributed by atoms with Gasteiger partial charge in [0.15, 0.2) is 0 Å². The lowest BCUT2D eigenvalue weighted by Crippen LogP contribution is -2.09. The van der Waals surface area contributed by atoms with Crippen LogP contribution in [0, 0.1) is 11.3 Å². The van der Waals surface area contributed by atoms with E-state index < -0.39 is 11.7 Å². The highest BCUT2D eigenvalue weighted by Crippen LogP contribution is 2.33. The summed E-state index contributed by atoms with van der Waals surface area (Å²) in [5, 5.41) is 12.4. The number of hydrogen-bond acceptors (Lipinski definition) is 4. The molecule has 0 bridgehead atoms. The molecule has 1 aromatic heterocycles. The second-order valence-electron chi connectivity index (χ2n) is 4.30. The van der Waals surface area contributed by atoms with Crippen molar-refractivity contribution in [1.82, 2.24) is 4.98 Å². The number of hydrogen-bond donors (Lipinski definition) is 1. The minimum Gasteiger partial charge on any atom is -0.379 e. The molecule has 0 atom stereocenters. The Kier molecular flexibility index (Phi) is 4.48. The van der Waals surface area contributed by atoms with E-state index in [2.05, 4.69) is 10.3 Å². The number of halogens is 3. The summed E-state index contributed by atoms with van der Waals surface area (Å²) in [5.41, 5.74) is -0.992. The van der Waals surface area contributed by atoms with E-state index in [1.165, 1.54) is 23.5 Å². The Hall–Kier alpha value is -2.07. The molecule has 0 spiro atoms. The number of rotatable bonds is 4. The molecule has 21 heavy (non-hydrogen) atoms. The van der Waals surface area contributed by atoms with Crippen molar-refractivity contribution in [3.05, 3.63) is 45.4 Å². The first-order valence-electron chi connectivity index (χ1n) is 6.23. The third-order valence-corrected chi connectivity index (χ3v) is 3.98. The lowest BCUT2D eigenvalue weighted by Gasteiger charge is -2.11. The summed E-state index contributed by atoms with van der Waals surface area (Å²) in [4.78, 5) is 5.32. The van der Waals surface area contributed by atoms with Crippen LogP contribution in [0.4, 0.5) is 18.9 Å². The van der Waals surface area contributed by atoms with Crippen LogP contribution in [0.25, 0.3) is 0 Å². The monoisotopic (exact) mass is 311 g/mol. The van der Waals surface area contributed by atoms with Gasteiger partial charge >= 0.3 is 6.18 Å². The molecule has 1 N–H and O–H groups in total. The van der Waals surface area contributed by atoms with E-state index >= 15 is 0 Å². The van der Waals surface area contributed by atoms with Crippen LogP contribution in [0.3, 0.4) is 0 Å². The van der Waals surface area contributed by atoms with E-state index in [-0.39, 0.29) is 5.56 Å². The van der Waals surface area contributed by atoms with Gasteiger partial charge in [-0.05, 0) is 24.6 Å². The smallest absolute Gasteiger partial charge is 0.379 e. The lowest BCUT2D eigenvalue weighted by atomic mass is 10.1. The van der Waals surface area contributed by atoms with Crippen molar-refractivity contribution >= 4 is 17.0 Å². The minimum atomic E-state index is -4.54. The Morgan fingerprint density at radius 1 is 1.38 bits per heavy atom. The van der Waals surface area contributed by atoms with Crippen molar-refractivity contribution in [3.63, 3.8) is 0 Å². The van der Waals surface area contributed by atoms with Gasteiger partial charge in [0, 0.05) is 16.8 Å². The van der Waals surface area contributed by atoms with Crippen LogP contribution in [0.2, 0.25) is 0 Å². The van der Waals surface area contributed by atoms with E-state index in [9.17, 15) is 13.2 Å². The fraction of sp³-hybridized carbons (Fsp3) is 0.286. The molecular weight excluding hydrogens is 299 g/mol. The summed E-state index contributed by atoms with van der Waals surface area (Å²) in [5.74, 6) is 0. The minimum absolute atomic E-state index is 0.314. The summed E-state index contributed by atoms with van der Waals surface area (Å²) >= 11 is 1.52. The molecule has 0 radical (unpaired) electrons. The van der Waals surface area contributed by atoms with Crippen molar-refractivity contribution in [3.8, 4) is 6.07 Å². The molecule has 3 nitrogen and oxygen atoms in total. The predicted octanol–water partition coefficient (Wildman–Crippen LogP) is 4.21. The van der Waals surface area contributed by atoms with Gasteiger partial charge in [0.2, 0.25) is 0 Å². The number of anilines is 1. The number of thiazole rings is 1. The molecule has 0 amide bonds. The van der Waals surface area contributed by atoms with Crippen molar-refractivity contribution in [2.75, 3.05) is 5.32 Å². The lowest BCUT2D eigenvalue weighted by molar-refractivity contribution is -0.137. The second-order valence-corrected chi connectivity index (χ2v) is 5.50. The highest BCUT2D eigenvalue weighted by molar-refractivity contribution is 7.11. The fourth-order valence-corrected chi connectivity index (χ4v) is 2.56. The molecule has 0 saturated carbocycles. The molecule has 0 fully saturated rings. The van der Waals surface area contributed by atoms with Crippen LogP contribution in [-0.2, 0) is 19.1 Å². The topological polar surface area (TPSA) is 48.7 Å². The van der Waals surface area contributed by atoms with Gasteiger partial charge in [-0.2, -0.15) is 18.4 Å². The predicted molar refractivity (Wildman–Crippen MR) is 75.0 cm³/mol. The highest BCUT2D eigenvalue weighted by atomic mass is 32.1. The molecule has 0 aliphatic heterocycles. The molecule has 7 heteroatoms. The van der Waals surface area contributed by atoms with E-state index in [4.69, 9.17) is 5.26 Å². The van der Waals surface area contributed by atoms with Crippen LogP contribution in [0.1, 0.15) is 27.9 Å². The van der Waals surface area contributed by atoms with Gasteiger partial charge in [0.25, 0.3) is 0 Å². The molecule has 1 aromatic carbocycles. The van der Waals surface area contributed by atoms with Crippen molar-refractivity contribution in [1.29, 1.82) is 5.26 Å². The Morgan fingerprint density at radius 3 is 2.71 bits per heavy atom. The molecule has 2 rings (SSSR count). The van der Waals surface area contributed by atoms with E-state index in [0.717, 1.165) is 22.4 Å². The number of alkyl halides is 3. The number of nitriles is 1. The van der Waals surface area contributed by atoms with Gasteiger partial charge in [0.1, 0.15) is 5.01 Å². The maximum atomic E-state index is 12.8. The Labute approximate surface area is 124 Å². The summed E-state index contributed by atoms with van der Waals surface area (Å²) in [6.45, 7) is 2.37. The normalized spacial score (nSPS) is 11.2. The third-order valence-electron chi connectivity index (χ3n) is 2.84. The Morgan fingerprint density at radius 2 is 2.14 bits per heavy atom. The highest BCUT2D eigenvalue weighted by Gasteiger charge is 2.33. The van der Waals surface area contributed by atoms with Gasteiger partial charge in [-0.1, -0.05) is 6.92 Å². The molecule has 110 valence electrons. The van der Waals surface area contributed by atoms with Crippen LogP contribution in [0.5, 0.6) is 0 Å². The van der Waals surface area contributed by atoms with Crippen LogP contribution in [0.15, 0.2) is 24.4 Å². The summed E-state index contributed by atoms with van der Waals surface area (Å²) in [6.07, 6.45) is -1.90. The van der Waals surface area contributed by atoms with Gasteiger partial charge in [-0.25, -0.2) is 4.98 Å². The van der Waals surface area contributed by atoms with E-state index in [1.54, 1.807) is 12.3 Å². The maximum absolute atomic E-state index is 12.8. The SMILES string of the molecule is CCc1cnc(CNc2ccc(C#N)c(C(F)(F)F)c2)s1. The molecule has 0 aliphatic carbocycles. The molecular formula is C14H12F3N3S. The zero-order valence-electron chi connectivity index (χ0n) is 11.2. The number of aryl methyl sites for hydroxylation is 1. The first-order valence-corrected chi connectivity index (χ1v) is 7.04. The van der Waals surface area contributed by atoms with Crippen LogP contribution < -0.4 is 5.32 Å².